The summed E-state index contributed by atoms with van der Waals surface area (Å²) >= 11 is 3.35. The van der Waals surface area contributed by atoms with Crippen molar-refractivity contribution >= 4 is 21.7 Å². The monoisotopic (exact) mass is 252 g/mol. The molecule has 1 N–H and O–H groups in total. The summed E-state index contributed by atoms with van der Waals surface area (Å²) in [5, 5.41) is 9.58. The average Bonchev–Trinajstić information content (AvgIpc) is 2.20. The van der Waals surface area contributed by atoms with Gasteiger partial charge in [0, 0.05) is 16.5 Å². The second-order valence-corrected chi connectivity index (χ2v) is 3.89. The summed E-state index contributed by atoms with van der Waals surface area (Å²) < 4.78 is 6.26. The number of benzene rings is 1. The fourth-order valence-corrected chi connectivity index (χ4v) is 1.54. The van der Waals surface area contributed by atoms with E-state index in [2.05, 4.69) is 15.9 Å². The molecule has 0 bridgehead atoms. The van der Waals surface area contributed by atoms with Crippen molar-refractivity contribution in [2.45, 2.75) is 6.42 Å². The molecule has 2 nitrogen and oxygen atoms in total. The van der Waals surface area contributed by atoms with Crippen LogP contribution >= 0.6 is 15.9 Å². The summed E-state index contributed by atoms with van der Waals surface area (Å²) in [5.74, 6) is 0.815. The minimum Gasteiger partial charge on any atom is -0.508 e. The van der Waals surface area contributed by atoms with Crippen LogP contribution in [0.5, 0.6) is 0 Å². The highest BCUT2D eigenvalue weighted by Gasteiger charge is 2.11. The number of aliphatic hydroxyl groups excluding tert-OH is 1. The molecular weight excluding hydrogens is 244 g/mol. The Labute approximate surface area is 90.6 Å². The molecule has 0 saturated heterocycles. The van der Waals surface area contributed by atoms with Gasteiger partial charge in [-0.3, -0.25) is 0 Å². The zero-order valence-corrected chi connectivity index (χ0v) is 8.99. The zero-order valence-electron chi connectivity index (χ0n) is 7.40. The van der Waals surface area contributed by atoms with Crippen LogP contribution in [0.4, 0.5) is 0 Å². The molecule has 2 rings (SSSR count). The molecule has 14 heavy (non-hydrogen) atoms. The fraction of sp³-hybridized carbons (Fsp3) is 0.0909. The largest absolute Gasteiger partial charge is 0.508 e. The lowest BCUT2D eigenvalue weighted by Crippen LogP contribution is -1.96. The Bertz CT molecular complexity index is 390. The quantitative estimate of drug-likeness (QED) is 0.828. The Morgan fingerprint density at radius 1 is 1.21 bits per heavy atom. The Kier molecular flexibility index (Phi) is 2.59. The predicted molar refractivity (Wildman–Crippen MR) is 58.5 cm³/mol. The number of halogens is 1. The molecule has 0 saturated carbocycles. The Hall–Kier alpha value is -1.22. The van der Waals surface area contributed by atoms with Crippen molar-refractivity contribution in [3.8, 4) is 0 Å². The van der Waals surface area contributed by atoms with Gasteiger partial charge in [-0.1, -0.05) is 15.9 Å². The molecule has 0 aromatic heterocycles. The van der Waals surface area contributed by atoms with E-state index in [1.165, 1.54) is 0 Å². The van der Waals surface area contributed by atoms with Crippen LogP contribution < -0.4 is 0 Å². The van der Waals surface area contributed by atoms with Gasteiger partial charge in [-0.25, -0.2) is 0 Å². The lowest BCUT2D eigenvalue weighted by Gasteiger charge is -2.12. The van der Waals surface area contributed by atoms with E-state index in [1.54, 1.807) is 12.3 Å². The van der Waals surface area contributed by atoms with Gasteiger partial charge >= 0.3 is 0 Å². The number of allylic oxidation sites excluding steroid dienone is 1. The van der Waals surface area contributed by atoms with Gasteiger partial charge in [0.15, 0.2) is 5.76 Å². The lowest BCUT2D eigenvalue weighted by atomic mass is 10.1. The number of ether oxygens (including phenoxy) is 1. The highest BCUT2D eigenvalue weighted by molar-refractivity contribution is 9.10. The van der Waals surface area contributed by atoms with Crippen LogP contribution in [-0.2, 0) is 4.74 Å². The molecule has 1 aliphatic heterocycles. The van der Waals surface area contributed by atoms with Gasteiger partial charge in [0.25, 0.3) is 0 Å². The van der Waals surface area contributed by atoms with E-state index in [4.69, 9.17) is 4.74 Å². The molecular formula is C11H9BrO2. The first-order valence-electron chi connectivity index (χ1n) is 4.27. The van der Waals surface area contributed by atoms with Crippen molar-refractivity contribution in [3.05, 3.63) is 52.4 Å². The lowest BCUT2D eigenvalue weighted by molar-refractivity contribution is 0.340. The highest BCUT2D eigenvalue weighted by atomic mass is 79.9. The summed E-state index contributed by atoms with van der Waals surface area (Å²) in [5.41, 5.74) is 0.884. The molecule has 1 aliphatic rings. The average molecular weight is 253 g/mol. The maximum Gasteiger partial charge on any atom is 0.171 e. The van der Waals surface area contributed by atoms with Gasteiger partial charge in [-0.2, -0.15) is 0 Å². The summed E-state index contributed by atoms with van der Waals surface area (Å²) in [4.78, 5) is 0. The third kappa shape index (κ3) is 1.82. The normalized spacial score (nSPS) is 15.5. The minimum absolute atomic E-state index is 0.273. The van der Waals surface area contributed by atoms with Gasteiger partial charge in [-0.15, -0.1) is 0 Å². The molecule has 0 aliphatic carbocycles. The Morgan fingerprint density at radius 3 is 2.57 bits per heavy atom. The molecule has 0 amide bonds. The molecule has 1 aromatic carbocycles. The number of hydrogen-bond acceptors (Lipinski definition) is 2. The van der Waals surface area contributed by atoms with Crippen LogP contribution in [0.1, 0.15) is 12.0 Å². The van der Waals surface area contributed by atoms with Crippen molar-refractivity contribution < 1.29 is 9.84 Å². The molecule has 3 heteroatoms. The molecule has 72 valence electrons. The zero-order chi connectivity index (χ0) is 9.97. The van der Waals surface area contributed by atoms with E-state index >= 15 is 0 Å². The maximum atomic E-state index is 9.58. The molecule has 0 radical (unpaired) electrons. The second kappa shape index (κ2) is 3.88. The Morgan fingerprint density at radius 2 is 1.93 bits per heavy atom. The van der Waals surface area contributed by atoms with Crippen molar-refractivity contribution in [2.75, 3.05) is 0 Å². The molecule has 1 aromatic rings. The van der Waals surface area contributed by atoms with Crippen LogP contribution in [0.2, 0.25) is 0 Å². The summed E-state index contributed by atoms with van der Waals surface area (Å²) in [6.07, 6.45) is 3.90. The van der Waals surface area contributed by atoms with E-state index < -0.39 is 0 Å². The first kappa shape index (κ1) is 9.34. The van der Waals surface area contributed by atoms with Crippen LogP contribution in [0.3, 0.4) is 0 Å². The second-order valence-electron chi connectivity index (χ2n) is 2.98. The molecule has 1 heterocycles. The van der Waals surface area contributed by atoms with E-state index in [0.29, 0.717) is 12.2 Å². The van der Waals surface area contributed by atoms with Crippen LogP contribution in [-0.4, -0.2) is 5.11 Å². The SMILES string of the molecule is OC1=C(c2ccc(Br)cc2)OC=CC1. The molecule has 0 unspecified atom stereocenters. The number of hydrogen-bond donors (Lipinski definition) is 1. The fourth-order valence-electron chi connectivity index (χ4n) is 1.27. The predicted octanol–water partition coefficient (Wildman–Crippen LogP) is 3.61. The van der Waals surface area contributed by atoms with E-state index in [1.807, 2.05) is 24.3 Å². The summed E-state index contributed by atoms with van der Waals surface area (Å²) in [6.45, 7) is 0. The molecule has 0 fully saturated rings. The van der Waals surface area contributed by atoms with Gasteiger partial charge < -0.3 is 9.84 Å². The minimum atomic E-state index is 0.273. The van der Waals surface area contributed by atoms with E-state index in [0.717, 1.165) is 10.0 Å². The molecule has 0 spiro atoms. The van der Waals surface area contributed by atoms with Crippen molar-refractivity contribution in [1.29, 1.82) is 0 Å². The van der Waals surface area contributed by atoms with Gasteiger partial charge in [0.2, 0.25) is 0 Å². The number of aliphatic hydroxyl groups is 1. The van der Waals surface area contributed by atoms with Crippen molar-refractivity contribution in [1.82, 2.24) is 0 Å². The van der Waals surface area contributed by atoms with Crippen molar-refractivity contribution in [3.63, 3.8) is 0 Å². The van der Waals surface area contributed by atoms with Crippen molar-refractivity contribution in [2.24, 2.45) is 0 Å². The first-order valence-corrected chi connectivity index (χ1v) is 5.06. The standard InChI is InChI=1S/C11H9BrO2/c12-9-5-3-8(4-6-9)11-10(13)2-1-7-14-11/h1,3-7,13H,2H2. The van der Waals surface area contributed by atoms with Crippen LogP contribution in [0.25, 0.3) is 5.76 Å². The van der Waals surface area contributed by atoms with Gasteiger partial charge in [0.1, 0.15) is 5.76 Å². The van der Waals surface area contributed by atoms with Gasteiger partial charge in [-0.05, 0) is 30.3 Å². The first-order chi connectivity index (χ1) is 6.77. The van der Waals surface area contributed by atoms with Crippen LogP contribution in [0, 0.1) is 0 Å². The summed E-state index contributed by atoms with van der Waals surface area (Å²) in [6, 6.07) is 7.62. The third-order valence-corrected chi connectivity index (χ3v) is 2.49. The third-order valence-electron chi connectivity index (χ3n) is 1.96. The smallest absolute Gasteiger partial charge is 0.171 e. The van der Waals surface area contributed by atoms with E-state index in [-0.39, 0.29) is 5.76 Å². The molecule has 0 atom stereocenters. The summed E-state index contributed by atoms with van der Waals surface area (Å²) in [7, 11) is 0. The maximum absolute atomic E-state index is 9.58. The Balaban J connectivity index is 2.35. The highest BCUT2D eigenvalue weighted by Crippen LogP contribution is 2.25. The van der Waals surface area contributed by atoms with Gasteiger partial charge in [0.05, 0.1) is 6.26 Å². The number of rotatable bonds is 1. The van der Waals surface area contributed by atoms with E-state index in [9.17, 15) is 5.11 Å². The van der Waals surface area contributed by atoms with Crippen LogP contribution in [0.15, 0.2) is 46.8 Å². The topological polar surface area (TPSA) is 29.5 Å².